The van der Waals surface area contributed by atoms with Crippen molar-refractivity contribution in [2.24, 2.45) is 11.8 Å². The minimum absolute atomic E-state index is 0.00700. The lowest BCUT2D eigenvalue weighted by molar-refractivity contribution is 0.374. The summed E-state index contributed by atoms with van der Waals surface area (Å²) in [4.78, 5) is 11.3. The summed E-state index contributed by atoms with van der Waals surface area (Å²) in [6.45, 7) is 4.63. The summed E-state index contributed by atoms with van der Waals surface area (Å²) in [6.07, 6.45) is 4.99. The van der Waals surface area contributed by atoms with Crippen LogP contribution in [0.2, 0.25) is 5.02 Å². The highest BCUT2D eigenvalue weighted by atomic mass is 35.5. The predicted molar refractivity (Wildman–Crippen MR) is 128 cm³/mol. The Morgan fingerprint density at radius 2 is 1.97 bits per heavy atom. The fraction of sp³-hybridized carbons (Fsp3) is 0.458. The summed E-state index contributed by atoms with van der Waals surface area (Å²) >= 11 is 5.90. The van der Waals surface area contributed by atoms with Crippen molar-refractivity contribution >= 4 is 23.2 Å². The molecule has 3 aromatic rings. The van der Waals surface area contributed by atoms with Crippen molar-refractivity contribution in [2.75, 3.05) is 30.4 Å². The molecule has 2 fully saturated rings. The summed E-state index contributed by atoms with van der Waals surface area (Å²) in [5.74, 6) is 2.08. The number of methoxy groups -OCH3 is 1. The van der Waals surface area contributed by atoms with E-state index < -0.39 is 5.82 Å². The first-order chi connectivity index (χ1) is 16.5. The number of hydrogen-bond donors (Lipinski definition) is 1. The minimum atomic E-state index is -0.488. The number of pyridine rings is 1. The van der Waals surface area contributed by atoms with Crippen LogP contribution in [0.3, 0.4) is 0 Å². The molecule has 1 N–H and O–H groups in total. The van der Waals surface area contributed by atoms with Gasteiger partial charge < -0.3 is 19.7 Å². The van der Waals surface area contributed by atoms with E-state index in [-0.39, 0.29) is 5.02 Å². The van der Waals surface area contributed by atoms with E-state index in [4.69, 9.17) is 21.1 Å². The van der Waals surface area contributed by atoms with Gasteiger partial charge in [-0.3, -0.25) is 0 Å². The van der Waals surface area contributed by atoms with Gasteiger partial charge in [0, 0.05) is 49.7 Å². The van der Waals surface area contributed by atoms with Crippen LogP contribution in [0.15, 0.2) is 36.5 Å². The molecule has 3 atom stereocenters. The van der Waals surface area contributed by atoms with Gasteiger partial charge >= 0.3 is 6.01 Å². The van der Waals surface area contributed by atoms with Crippen LogP contribution in [-0.4, -0.2) is 46.0 Å². The zero-order valence-corrected chi connectivity index (χ0v) is 20.0. The van der Waals surface area contributed by atoms with Crippen molar-refractivity contribution in [3.05, 3.63) is 47.4 Å². The van der Waals surface area contributed by atoms with Crippen molar-refractivity contribution in [3.8, 4) is 17.6 Å². The molecule has 2 aliphatic rings. The predicted octanol–water partition coefficient (Wildman–Crippen LogP) is 5.00. The van der Waals surface area contributed by atoms with Crippen LogP contribution >= 0.6 is 11.6 Å². The van der Waals surface area contributed by atoms with Crippen molar-refractivity contribution in [1.82, 2.24) is 19.7 Å². The number of nitrogens with one attached hydrogen (secondary N) is 1. The molecule has 2 bridgehead atoms. The molecule has 34 heavy (non-hydrogen) atoms. The Hall–Kier alpha value is -3.07. The van der Waals surface area contributed by atoms with Gasteiger partial charge in [-0.25, -0.2) is 14.1 Å². The maximum Gasteiger partial charge on any atom is 0.322 e. The molecule has 0 amide bonds. The van der Waals surface area contributed by atoms with E-state index in [1.54, 1.807) is 18.0 Å². The number of aryl methyl sites for hydroxylation is 1. The van der Waals surface area contributed by atoms with Crippen molar-refractivity contribution < 1.29 is 13.9 Å². The molecule has 1 aliphatic heterocycles. The van der Waals surface area contributed by atoms with Crippen LogP contribution in [0, 0.1) is 17.7 Å². The lowest BCUT2D eigenvalue weighted by atomic mass is 9.92. The van der Waals surface area contributed by atoms with Gasteiger partial charge in [-0.15, -0.1) is 5.10 Å². The van der Waals surface area contributed by atoms with E-state index in [0.29, 0.717) is 48.0 Å². The van der Waals surface area contributed by atoms with Gasteiger partial charge in [0.15, 0.2) is 0 Å². The third kappa shape index (κ3) is 4.61. The Balaban J connectivity index is 1.30. The SMILES string of the molecule is CCCn1nc(N[C@@H]2[C@@H]3CC[C@H]2CN(c2ccnc(OC)c2)C3)nc1Oc1ccc(F)c(Cl)c1. The smallest absolute Gasteiger partial charge is 0.322 e. The molecule has 1 saturated carbocycles. The monoisotopic (exact) mass is 486 g/mol. The summed E-state index contributed by atoms with van der Waals surface area (Å²) < 4.78 is 26.5. The summed E-state index contributed by atoms with van der Waals surface area (Å²) in [6, 6.07) is 8.94. The zero-order chi connectivity index (χ0) is 23.7. The van der Waals surface area contributed by atoms with E-state index in [0.717, 1.165) is 38.0 Å². The number of hydrogen-bond acceptors (Lipinski definition) is 7. The van der Waals surface area contributed by atoms with Gasteiger partial charge in [-0.1, -0.05) is 18.5 Å². The third-order valence-corrected chi connectivity index (χ3v) is 6.89. The molecule has 0 unspecified atom stereocenters. The second-order valence-electron chi connectivity index (χ2n) is 8.85. The van der Waals surface area contributed by atoms with Crippen LogP contribution in [0.25, 0.3) is 0 Å². The van der Waals surface area contributed by atoms with Gasteiger partial charge in [0.25, 0.3) is 0 Å². The van der Waals surface area contributed by atoms with E-state index in [1.807, 2.05) is 12.1 Å². The fourth-order valence-electron chi connectivity index (χ4n) is 4.99. The van der Waals surface area contributed by atoms with E-state index in [1.165, 1.54) is 18.2 Å². The number of ether oxygens (including phenoxy) is 2. The van der Waals surface area contributed by atoms with E-state index in [2.05, 4.69) is 32.2 Å². The topological polar surface area (TPSA) is 77.3 Å². The summed E-state index contributed by atoms with van der Waals surface area (Å²) in [5.41, 5.74) is 1.14. The average Bonchev–Trinajstić information content (AvgIpc) is 3.31. The number of fused-ring (bicyclic) bond motifs is 2. The Kier molecular flexibility index (Phi) is 6.45. The first-order valence-corrected chi connectivity index (χ1v) is 12.0. The van der Waals surface area contributed by atoms with E-state index in [9.17, 15) is 4.39 Å². The first-order valence-electron chi connectivity index (χ1n) is 11.6. The van der Waals surface area contributed by atoms with Gasteiger partial charge in [-0.05, 0) is 49.3 Å². The van der Waals surface area contributed by atoms with Crippen LogP contribution in [0.1, 0.15) is 26.2 Å². The number of benzene rings is 1. The number of aromatic nitrogens is 4. The average molecular weight is 487 g/mol. The molecular weight excluding hydrogens is 459 g/mol. The zero-order valence-electron chi connectivity index (χ0n) is 19.2. The van der Waals surface area contributed by atoms with Crippen LogP contribution in [-0.2, 0) is 6.54 Å². The van der Waals surface area contributed by atoms with Crippen LogP contribution < -0.4 is 19.7 Å². The van der Waals surface area contributed by atoms with Crippen LogP contribution in [0.5, 0.6) is 17.6 Å². The Morgan fingerprint density at radius 3 is 2.68 bits per heavy atom. The molecule has 2 aromatic heterocycles. The molecule has 1 aromatic carbocycles. The first kappa shape index (κ1) is 22.7. The number of piperidine rings is 1. The second kappa shape index (κ2) is 9.66. The van der Waals surface area contributed by atoms with Crippen LogP contribution in [0.4, 0.5) is 16.0 Å². The highest BCUT2D eigenvalue weighted by Gasteiger charge is 2.42. The van der Waals surface area contributed by atoms with Crippen molar-refractivity contribution in [2.45, 2.75) is 38.8 Å². The quantitative estimate of drug-likeness (QED) is 0.480. The molecule has 8 nitrogen and oxygen atoms in total. The van der Waals surface area contributed by atoms with Crippen molar-refractivity contribution in [1.29, 1.82) is 0 Å². The summed E-state index contributed by atoms with van der Waals surface area (Å²) in [5, 5.41) is 8.25. The third-order valence-electron chi connectivity index (χ3n) is 6.60. The minimum Gasteiger partial charge on any atom is -0.481 e. The molecule has 10 heteroatoms. The van der Waals surface area contributed by atoms with Crippen molar-refractivity contribution in [3.63, 3.8) is 0 Å². The number of halogens is 2. The molecule has 1 saturated heterocycles. The molecule has 3 heterocycles. The largest absolute Gasteiger partial charge is 0.481 e. The maximum atomic E-state index is 13.5. The number of nitrogens with zero attached hydrogens (tertiary/aromatic N) is 5. The number of anilines is 2. The second-order valence-corrected chi connectivity index (χ2v) is 9.26. The molecule has 5 rings (SSSR count). The Labute approximate surface area is 203 Å². The molecule has 1 aliphatic carbocycles. The standard InChI is InChI=1S/C24H28ClFN6O2/c1-3-10-32-24(34-18-6-7-20(26)19(25)12-18)29-23(30-32)28-22-15-4-5-16(22)14-31(13-15)17-8-9-27-21(11-17)33-2/h6-9,11-12,15-16,22H,3-5,10,13-14H2,1-2H3,(H,28,30)/t15-,16+,22-. The van der Waals surface area contributed by atoms with Gasteiger partial charge in [-0.2, -0.15) is 4.98 Å². The Bertz CT molecular complexity index is 1140. The maximum absolute atomic E-state index is 13.5. The summed E-state index contributed by atoms with van der Waals surface area (Å²) in [7, 11) is 1.64. The molecular formula is C24H28ClFN6O2. The molecule has 0 spiro atoms. The van der Waals surface area contributed by atoms with Gasteiger partial charge in [0.05, 0.1) is 12.1 Å². The lowest BCUT2D eigenvalue weighted by Crippen LogP contribution is -2.48. The highest BCUT2D eigenvalue weighted by molar-refractivity contribution is 6.30. The fourth-order valence-corrected chi connectivity index (χ4v) is 5.16. The normalized spacial score (nSPS) is 21.5. The van der Waals surface area contributed by atoms with E-state index >= 15 is 0 Å². The molecule has 0 radical (unpaired) electrons. The number of rotatable bonds is 8. The lowest BCUT2D eigenvalue weighted by Gasteiger charge is -2.39. The highest BCUT2D eigenvalue weighted by Crippen LogP contribution is 2.40. The molecule has 180 valence electrons. The Morgan fingerprint density at radius 1 is 1.18 bits per heavy atom. The van der Waals surface area contributed by atoms with Gasteiger partial charge in [0.2, 0.25) is 11.8 Å². The van der Waals surface area contributed by atoms with Gasteiger partial charge in [0.1, 0.15) is 11.6 Å².